The summed E-state index contributed by atoms with van der Waals surface area (Å²) in [6.07, 6.45) is 0. The van der Waals surface area contributed by atoms with Crippen molar-refractivity contribution in [1.29, 1.82) is 0 Å². The molecule has 2 heteroatoms. The van der Waals surface area contributed by atoms with Crippen molar-refractivity contribution in [2.45, 2.75) is 18.4 Å². The van der Waals surface area contributed by atoms with E-state index < -0.39 is 0 Å². The molecule has 2 atom stereocenters. The van der Waals surface area contributed by atoms with E-state index in [-0.39, 0.29) is 18.1 Å². The van der Waals surface area contributed by atoms with Crippen LogP contribution in [-0.2, 0) is 5.41 Å². The number of hydrogen-bond donors (Lipinski definition) is 2. The first-order chi connectivity index (χ1) is 8.75. The summed E-state index contributed by atoms with van der Waals surface area (Å²) in [7, 11) is 0. The second kappa shape index (κ2) is 4.14. The highest BCUT2D eigenvalue weighted by atomic mass is 16.3. The van der Waals surface area contributed by atoms with E-state index in [1.165, 1.54) is 11.1 Å². The van der Waals surface area contributed by atoms with Crippen LogP contribution in [0.3, 0.4) is 0 Å². The first-order valence-corrected chi connectivity index (χ1v) is 6.27. The Morgan fingerprint density at radius 3 is 2.44 bits per heavy atom. The molecule has 0 fully saturated rings. The second-order valence-corrected chi connectivity index (χ2v) is 5.11. The monoisotopic (exact) mass is 239 g/mol. The van der Waals surface area contributed by atoms with Crippen LogP contribution < -0.4 is 5.32 Å². The molecule has 0 spiro atoms. The zero-order chi connectivity index (χ0) is 12.6. The van der Waals surface area contributed by atoms with Crippen LogP contribution in [0.15, 0.2) is 54.6 Å². The zero-order valence-electron chi connectivity index (χ0n) is 10.4. The minimum absolute atomic E-state index is 0.126. The van der Waals surface area contributed by atoms with Crippen molar-refractivity contribution in [3.63, 3.8) is 0 Å². The average Bonchev–Trinajstić information content (AvgIpc) is 2.74. The molecule has 1 aliphatic heterocycles. The van der Waals surface area contributed by atoms with Gasteiger partial charge in [-0.1, -0.05) is 55.5 Å². The zero-order valence-corrected chi connectivity index (χ0v) is 10.4. The molecule has 0 unspecified atom stereocenters. The molecule has 0 bridgehead atoms. The van der Waals surface area contributed by atoms with E-state index in [9.17, 15) is 5.11 Å². The molecular weight excluding hydrogens is 222 g/mol. The number of aliphatic hydroxyl groups is 1. The number of nitrogens with one attached hydrogen (secondary N) is 1. The van der Waals surface area contributed by atoms with Gasteiger partial charge in [0.1, 0.15) is 0 Å². The van der Waals surface area contributed by atoms with Crippen LogP contribution in [0, 0.1) is 0 Å². The van der Waals surface area contributed by atoms with Crippen molar-refractivity contribution >= 4 is 5.69 Å². The number of hydrogen-bond acceptors (Lipinski definition) is 2. The van der Waals surface area contributed by atoms with E-state index in [2.05, 4.69) is 36.5 Å². The van der Waals surface area contributed by atoms with E-state index in [1.807, 2.05) is 30.3 Å². The van der Waals surface area contributed by atoms with Crippen molar-refractivity contribution in [3.05, 3.63) is 65.7 Å². The lowest BCUT2D eigenvalue weighted by Crippen LogP contribution is -2.32. The molecule has 2 N–H and O–H groups in total. The van der Waals surface area contributed by atoms with Crippen molar-refractivity contribution in [2.24, 2.45) is 0 Å². The third-order valence-electron chi connectivity index (χ3n) is 3.94. The molecule has 0 saturated heterocycles. The van der Waals surface area contributed by atoms with Crippen LogP contribution in [0.4, 0.5) is 5.69 Å². The van der Waals surface area contributed by atoms with Gasteiger partial charge in [0.2, 0.25) is 0 Å². The van der Waals surface area contributed by atoms with Crippen molar-refractivity contribution in [3.8, 4) is 0 Å². The smallest absolute Gasteiger partial charge is 0.0630 e. The molecule has 1 aliphatic rings. The van der Waals surface area contributed by atoms with E-state index in [4.69, 9.17) is 0 Å². The summed E-state index contributed by atoms with van der Waals surface area (Å²) in [5.41, 5.74) is 3.27. The van der Waals surface area contributed by atoms with Crippen molar-refractivity contribution in [1.82, 2.24) is 0 Å². The Bertz CT molecular complexity index is 552. The maximum absolute atomic E-state index is 9.86. The molecule has 0 amide bonds. The van der Waals surface area contributed by atoms with Crippen molar-refractivity contribution in [2.75, 3.05) is 11.9 Å². The maximum atomic E-state index is 9.86. The fourth-order valence-corrected chi connectivity index (χ4v) is 2.85. The van der Waals surface area contributed by atoms with Crippen LogP contribution in [0.5, 0.6) is 0 Å². The van der Waals surface area contributed by atoms with E-state index in [0.717, 1.165) is 5.69 Å². The topological polar surface area (TPSA) is 32.3 Å². The van der Waals surface area contributed by atoms with E-state index >= 15 is 0 Å². The first-order valence-electron chi connectivity index (χ1n) is 6.27. The quantitative estimate of drug-likeness (QED) is 0.844. The Morgan fingerprint density at radius 2 is 1.72 bits per heavy atom. The summed E-state index contributed by atoms with van der Waals surface area (Å²) in [4.78, 5) is 0. The molecule has 2 aromatic carbocycles. The summed E-state index contributed by atoms with van der Waals surface area (Å²) in [5.74, 6) is 0. The molecule has 0 saturated carbocycles. The van der Waals surface area contributed by atoms with Gasteiger partial charge in [-0.2, -0.15) is 0 Å². The van der Waals surface area contributed by atoms with Gasteiger partial charge in [-0.25, -0.2) is 0 Å². The minimum Gasteiger partial charge on any atom is -0.395 e. The highest BCUT2D eigenvalue weighted by Gasteiger charge is 2.43. The fraction of sp³-hybridized carbons (Fsp3) is 0.250. The Kier molecular flexibility index (Phi) is 2.60. The molecule has 1 heterocycles. The SMILES string of the molecule is C[C@]1(CO)c2ccccc2N[C@@H]1c1ccccc1. The molecule has 0 aromatic heterocycles. The normalized spacial score (nSPS) is 25.6. The van der Waals surface area contributed by atoms with Gasteiger partial charge < -0.3 is 10.4 Å². The molecular formula is C16H17NO. The molecule has 92 valence electrons. The number of anilines is 1. The van der Waals surface area contributed by atoms with Gasteiger partial charge in [-0.15, -0.1) is 0 Å². The Morgan fingerprint density at radius 1 is 1.06 bits per heavy atom. The predicted molar refractivity (Wildman–Crippen MR) is 73.7 cm³/mol. The largest absolute Gasteiger partial charge is 0.395 e. The number of rotatable bonds is 2. The number of para-hydroxylation sites is 1. The average molecular weight is 239 g/mol. The van der Waals surface area contributed by atoms with Crippen LogP contribution in [0.2, 0.25) is 0 Å². The molecule has 0 aliphatic carbocycles. The van der Waals surface area contributed by atoms with Crippen LogP contribution in [0.25, 0.3) is 0 Å². The predicted octanol–water partition coefficient (Wildman–Crippen LogP) is 3.10. The Balaban J connectivity index is 2.10. The Hall–Kier alpha value is -1.80. The van der Waals surface area contributed by atoms with E-state index in [1.54, 1.807) is 0 Å². The molecule has 0 radical (unpaired) electrons. The number of aliphatic hydroxyl groups excluding tert-OH is 1. The number of benzene rings is 2. The third-order valence-corrected chi connectivity index (χ3v) is 3.94. The molecule has 2 nitrogen and oxygen atoms in total. The second-order valence-electron chi connectivity index (χ2n) is 5.11. The molecule has 2 aromatic rings. The van der Waals surface area contributed by atoms with Gasteiger partial charge in [0.05, 0.1) is 12.6 Å². The maximum Gasteiger partial charge on any atom is 0.0630 e. The first kappa shape index (κ1) is 11.3. The van der Waals surface area contributed by atoms with Gasteiger partial charge >= 0.3 is 0 Å². The summed E-state index contributed by atoms with van der Waals surface area (Å²) in [6.45, 7) is 2.25. The van der Waals surface area contributed by atoms with Crippen LogP contribution in [0.1, 0.15) is 24.1 Å². The summed E-state index contributed by atoms with van der Waals surface area (Å²) in [6, 6.07) is 18.7. The van der Waals surface area contributed by atoms with Gasteiger partial charge in [-0.05, 0) is 17.2 Å². The lowest BCUT2D eigenvalue weighted by molar-refractivity contribution is 0.195. The summed E-state index contributed by atoms with van der Waals surface area (Å²) >= 11 is 0. The summed E-state index contributed by atoms with van der Waals surface area (Å²) in [5, 5.41) is 13.4. The fourth-order valence-electron chi connectivity index (χ4n) is 2.85. The van der Waals surface area contributed by atoms with Gasteiger partial charge in [0.15, 0.2) is 0 Å². The third kappa shape index (κ3) is 1.53. The van der Waals surface area contributed by atoms with Gasteiger partial charge in [0.25, 0.3) is 0 Å². The standard InChI is InChI=1S/C16H17NO/c1-16(11-18)13-9-5-6-10-14(13)17-15(16)12-7-3-2-4-8-12/h2-10,15,17-18H,11H2,1H3/t15-,16+/m1/s1. The molecule has 18 heavy (non-hydrogen) atoms. The number of fused-ring (bicyclic) bond motifs is 1. The van der Waals surface area contributed by atoms with Crippen LogP contribution >= 0.6 is 0 Å². The van der Waals surface area contributed by atoms with Crippen LogP contribution in [-0.4, -0.2) is 11.7 Å². The lowest BCUT2D eigenvalue weighted by Gasteiger charge is -2.30. The highest BCUT2D eigenvalue weighted by Crippen LogP contribution is 2.47. The van der Waals surface area contributed by atoms with Crippen molar-refractivity contribution < 1.29 is 5.11 Å². The molecule has 3 rings (SSSR count). The Labute approximate surface area is 107 Å². The lowest BCUT2D eigenvalue weighted by atomic mass is 9.77. The highest BCUT2D eigenvalue weighted by molar-refractivity contribution is 5.63. The van der Waals surface area contributed by atoms with Gasteiger partial charge in [0, 0.05) is 11.1 Å². The van der Waals surface area contributed by atoms with E-state index in [0.29, 0.717) is 0 Å². The van der Waals surface area contributed by atoms with Gasteiger partial charge in [-0.3, -0.25) is 0 Å². The summed E-state index contributed by atoms with van der Waals surface area (Å²) < 4.78 is 0. The minimum atomic E-state index is -0.266.